The maximum Gasteiger partial charge on any atom is 0.490 e. The average Bonchev–Trinajstić information content (AvgIpc) is 3.10. The number of amides is 3. The minimum absolute atomic E-state index is 0.161. The lowest BCUT2D eigenvalue weighted by molar-refractivity contribution is -0.192. The Morgan fingerprint density at radius 2 is 1.76 bits per heavy atom. The number of nitrogens with two attached hydrogens (primary N) is 1. The van der Waals surface area contributed by atoms with Crippen LogP contribution < -0.4 is 11.1 Å². The third kappa shape index (κ3) is 5.20. The normalized spacial score (nSPS) is 17.8. The maximum absolute atomic E-state index is 12.9. The number of nitrogens with zero attached hydrogens (tertiary/aromatic N) is 1. The number of hydrogen-bond acceptors (Lipinski definition) is 5. The highest BCUT2D eigenvalue weighted by atomic mass is 19.4. The quantitative estimate of drug-likeness (QED) is 0.599. The van der Waals surface area contributed by atoms with Gasteiger partial charge in [-0.15, -0.1) is 0 Å². The van der Waals surface area contributed by atoms with Crippen molar-refractivity contribution >= 4 is 23.7 Å². The first kappa shape index (κ1) is 23.9. The van der Waals surface area contributed by atoms with Crippen LogP contribution in [0.25, 0.3) is 11.1 Å². The van der Waals surface area contributed by atoms with Crippen LogP contribution in [0.5, 0.6) is 0 Å². The number of carboxylic acids is 1. The first-order chi connectivity index (χ1) is 15.5. The molecular weight excluding hydrogens is 443 g/mol. The van der Waals surface area contributed by atoms with E-state index in [4.69, 9.17) is 15.6 Å². The van der Waals surface area contributed by atoms with Crippen molar-refractivity contribution in [2.45, 2.75) is 38.1 Å². The third-order valence-corrected chi connectivity index (χ3v) is 5.30. The van der Waals surface area contributed by atoms with Gasteiger partial charge in [0.25, 0.3) is 5.91 Å². The molecule has 0 spiro atoms. The average molecular weight is 463 g/mol. The molecule has 0 aromatic heterocycles. The predicted molar refractivity (Wildman–Crippen MR) is 110 cm³/mol. The van der Waals surface area contributed by atoms with E-state index in [2.05, 4.69) is 5.32 Å². The Morgan fingerprint density at radius 3 is 2.36 bits per heavy atom. The third-order valence-electron chi connectivity index (χ3n) is 5.30. The number of carboxylic acid groups (broad SMARTS) is 1. The van der Waals surface area contributed by atoms with Crippen LogP contribution in [-0.2, 0) is 27.5 Å². The van der Waals surface area contributed by atoms with E-state index in [-0.39, 0.29) is 18.2 Å². The number of imide groups is 1. The van der Waals surface area contributed by atoms with Crippen LogP contribution in [-0.4, -0.2) is 45.9 Å². The SMILES string of the molecule is NCc1cccc(-c2cccc3c2CN(C2CCC(=O)NC2=O)C3=O)c1.O=C(O)C(F)(F)F. The largest absolute Gasteiger partial charge is 0.490 e. The molecule has 33 heavy (non-hydrogen) atoms. The molecule has 3 amide bonds. The van der Waals surface area contributed by atoms with Crippen LogP contribution in [0.2, 0.25) is 0 Å². The molecule has 2 aromatic rings. The molecule has 4 rings (SSSR count). The van der Waals surface area contributed by atoms with E-state index in [0.29, 0.717) is 25.1 Å². The van der Waals surface area contributed by atoms with Gasteiger partial charge in [0.05, 0.1) is 0 Å². The zero-order chi connectivity index (χ0) is 24.3. The van der Waals surface area contributed by atoms with Crippen molar-refractivity contribution in [3.05, 3.63) is 59.2 Å². The summed E-state index contributed by atoms with van der Waals surface area (Å²) in [6.07, 6.45) is -4.47. The maximum atomic E-state index is 12.9. The molecule has 4 N–H and O–H groups in total. The van der Waals surface area contributed by atoms with Gasteiger partial charge in [-0.1, -0.05) is 30.3 Å². The lowest BCUT2D eigenvalue weighted by atomic mass is 9.96. The summed E-state index contributed by atoms with van der Waals surface area (Å²) in [5.41, 5.74) is 10.3. The van der Waals surface area contributed by atoms with Crippen LogP contribution >= 0.6 is 0 Å². The van der Waals surface area contributed by atoms with Crippen LogP contribution in [0.3, 0.4) is 0 Å². The zero-order valence-electron chi connectivity index (χ0n) is 17.2. The van der Waals surface area contributed by atoms with Crippen molar-refractivity contribution in [1.82, 2.24) is 10.2 Å². The molecule has 1 atom stereocenters. The van der Waals surface area contributed by atoms with Gasteiger partial charge in [0.1, 0.15) is 6.04 Å². The molecular formula is C22H20F3N3O5. The Morgan fingerprint density at radius 1 is 1.12 bits per heavy atom. The first-order valence-electron chi connectivity index (χ1n) is 9.89. The van der Waals surface area contributed by atoms with E-state index >= 15 is 0 Å². The number of carbonyl (C=O) groups excluding carboxylic acids is 3. The summed E-state index contributed by atoms with van der Waals surface area (Å²) in [4.78, 5) is 46.9. The zero-order valence-corrected chi connectivity index (χ0v) is 17.2. The van der Waals surface area contributed by atoms with Crippen molar-refractivity contribution in [3.63, 3.8) is 0 Å². The fourth-order valence-electron chi connectivity index (χ4n) is 3.72. The molecule has 1 saturated heterocycles. The predicted octanol–water partition coefficient (Wildman–Crippen LogP) is 2.21. The Labute approximate surface area is 186 Å². The highest BCUT2D eigenvalue weighted by Gasteiger charge is 2.40. The second kappa shape index (κ2) is 9.41. The number of piperidine rings is 1. The number of fused-ring (bicyclic) bond motifs is 1. The van der Waals surface area contributed by atoms with Crippen molar-refractivity contribution in [3.8, 4) is 11.1 Å². The number of halogens is 3. The highest BCUT2D eigenvalue weighted by molar-refractivity contribution is 6.06. The topological polar surface area (TPSA) is 130 Å². The van der Waals surface area contributed by atoms with Crippen LogP contribution in [0.15, 0.2) is 42.5 Å². The van der Waals surface area contributed by atoms with Gasteiger partial charge in [-0.25, -0.2) is 4.79 Å². The minimum atomic E-state index is -5.08. The Hall–Kier alpha value is -3.73. The van der Waals surface area contributed by atoms with Gasteiger partial charge in [-0.2, -0.15) is 13.2 Å². The second-order valence-electron chi connectivity index (χ2n) is 7.44. The van der Waals surface area contributed by atoms with Crippen LogP contribution in [0.4, 0.5) is 13.2 Å². The molecule has 1 unspecified atom stereocenters. The molecule has 0 aliphatic carbocycles. The summed E-state index contributed by atoms with van der Waals surface area (Å²) in [6, 6.07) is 13.0. The molecule has 0 radical (unpaired) electrons. The monoisotopic (exact) mass is 463 g/mol. The number of alkyl halides is 3. The summed E-state index contributed by atoms with van der Waals surface area (Å²) in [6.45, 7) is 0.813. The van der Waals surface area contributed by atoms with Gasteiger partial charge >= 0.3 is 12.1 Å². The number of rotatable bonds is 3. The summed E-state index contributed by atoms with van der Waals surface area (Å²) in [5.74, 6) is -3.59. The summed E-state index contributed by atoms with van der Waals surface area (Å²) < 4.78 is 31.7. The number of benzene rings is 2. The Bertz CT molecular complexity index is 1120. The molecule has 174 valence electrons. The van der Waals surface area contributed by atoms with E-state index in [1.165, 1.54) is 0 Å². The Balaban J connectivity index is 0.000000383. The van der Waals surface area contributed by atoms with Gasteiger partial charge < -0.3 is 15.7 Å². The number of aliphatic carboxylic acids is 1. The molecule has 2 aliphatic rings. The van der Waals surface area contributed by atoms with E-state index in [1.807, 2.05) is 36.4 Å². The summed E-state index contributed by atoms with van der Waals surface area (Å²) in [5, 5.41) is 9.45. The van der Waals surface area contributed by atoms with Crippen LogP contribution in [0.1, 0.15) is 34.3 Å². The van der Waals surface area contributed by atoms with Crippen LogP contribution in [0, 0.1) is 0 Å². The van der Waals surface area contributed by atoms with Gasteiger partial charge in [0.15, 0.2) is 0 Å². The second-order valence-corrected chi connectivity index (χ2v) is 7.44. The fraction of sp³-hybridized carbons (Fsp3) is 0.273. The van der Waals surface area contributed by atoms with Gasteiger partial charge in [-0.05, 0) is 40.8 Å². The Kier molecular flexibility index (Phi) is 6.82. The lowest BCUT2D eigenvalue weighted by Gasteiger charge is -2.29. The van der Waals surface area contributed by atoms with E-state index in [0.717, 1.165) is 22.3 Å². The number of hydrogen-bond donors (Lipinski definition) is 3. The molecule has 0 bridgehead atoms. The smallest absolute Gasteiger partial charge is 0.475 e. The molecule has 1 fully saturated rings. The van der Waals surface area contributed by atoms with E-state index < -0.39 is 24.1 Å². The van der Waals surface area contributed by atoms with Gasteiger partial charge in [0, 0.05) is 25.1 Å². The molecule has 11 heteroatoms. The number of carbonyl (C=O) groups is 4. The summed E-state index contributed by atoms with van der Waals surface area (Å²) >= 11 is 0. The molecule has 2 aromatic carbocycles. The first-order valence-corrected chi connectivity index (χ1v) is 9.89. The van der Waals surface area contributed by atoms with E-state index in [1.54, 1.807) is 11.0 Å². The molecule has 0 saturated carbocycles. The fourth-order valence-corrected chi connectivity index (χ4v) is 3.72. The summed E-state index contributed by atoms with van der Waals surface area (Å²) in [7, 11) is 0. The standard InChI is InChI=1S/C20H19N3O3.C2HF3O2/c21-10-12-3-1-4-13(9-12)14-5-2-6-15-16(14)11-23(20(15)26)17-7-8-18(24)22-19(17)25;3-2(4,5)1(6)7/h1-6,9,17H,7-8,10-11,21H2,(H,22,24,25);(H,6,7). The minimum Gasteiger partial charge on any atom is -0.475 e. The van der Waals surface area contributed by atoms with Crippen molar-refractivity contribution < 1.29 is 37.5 Å². The van der Waals surface area contributed by atoms with Crippen molar-refractivity contribution in [2.24, 2.45) is 5.73 Å². The molecule has 2 aliphatic heterocycles. The molecule has 2 heterocycles. The number of nitrogens with one attached hydrogen (secondary N) is 1. The van der Waals surface area contributed by atoms with E-state index in [9.17, 15) is 27.6 Å². The van der Waals surface area contributed by atoms with Gasteiger partial charge in [-0.3, -0.25) is 19.7 Å². The van der Waals surface area contributed by atoms with Crippen molar-refractivity contribution in [1.29, 1.82) is 0 Å². The lowest BCUT2D eigenvalue weighted by Crippen LogP contribution is -2.52. The molecule has 8 nitrogen and oxygen atoms in total. The van der Waals surface area contributed by atoms with Crippen molar-refractivity contribution in [2.75, 3.05) is 0 Å². The highest BCUT2D eigenvalue weighted by Crippen LogP contribution is 2.35. The van der Waals surface area contributed by atoms with Gasteiger partial charge in [0.2, 0.25) is 11.8 Å².